The van der Waals surface area contributed by atoms with Crippen LogP contribution in [-0.2, 0) is 14.3 Å². The number of nitrogens with one attached hydrogen (secondary N) is 2. The van der Waals surface area contributed by atoms with Crippen molar-refractivity contribution in [1.29, 1.82) is 0 Å². The van der Waals surface area contributed by atoms with E-state index in [-0.39, 0.29) is 5.69 Å². The lowest BCUT2D eigenvalue weighted by Crippen LogP contribution is -2.52. The summed E-state index contributed by atoms with van der Waals surface area (Å²) < 4.78 is 10.3. The highest BCUT2D eigenvalue weighted by molar-refractivity contribution is 9.10. The van der Waals surface area contributed by atoms with Gasteiger partial charge in [-0.15, -0.1) is 0 Å². The highest BCUT2D eigenvalue weighted by Crippen LogP contribution is 2.26. The Morgan fingerprint density at radius 3 is 2.50 bits per heavy atom. The van der Waals surface area contributed by atoms with Gasteiger partial charge in [0.15, 0.2) is 6.20 Å². The van der Waals surface area contributed by atoms with E-state index in [1.54, 1.807) is 27.7 Å². The molecule has 1 unspecified atom stereocenters. The number of nitrogens with zero attached hydrogens (tertiary/aromatic N) is 2. The molecule has 0 spiro atoms. The standard InChI is InChI=1S/C15H21BrN4O6/c1-8(18-10-6-9(16)7-17-12(10)20(23)24)11(13(21)25-5)19-14(22)26-15(2,3)4/h6-8,11,18H,1-5H3,(H,19,22)/t8?,11-/m0/s1. The quantitative estimate of drug-likeness (QED) is 0.398. The summed E-state index contributed by atoms with van der Waals surface area (Å²) in [7, 11) is 1.17. The number of amides is 1. The van der Waals surface area contributed by atoms with Crippen LogP contribution in [0, 0.1) is 10.1 Å². The Hall–Kier alpha value is -2.43. The van der Waals surface area contributed by atoms with E-state index < -0.39 is 40.5 Å². The molecule has 0 aromatic carbocycles. The summed E-state index contributed by atoms with van der Waals surface area (Å²) >= 11 is 3.18. The van der Waals surface area contributed by atoms with Gasteiger partial charge in [-0.25, -0.2) is 9.59 Å². The number of ether oxygens (including phenoxy) is 2. The number of esters is 1. The third kappa shape index (κ3) is 6.47. The number of aromatic nitrogens is 1. The molecule has 1 heterocycles. The van der Waals surface area contributed by atoms with Crippen LogP contribution in [0.4, 0.5) is 16.3 Å². The van der Waals surface area contributed by atoms with Gasteiger partial charge in [0.25, 0.3) is 0 Å². The van der Waals surface area contributed by atoms with E-state index in [9.17, 15) is 19.7 Å². The topological polar surface area (TPSA) is 133 Å². The second-order valence-electron chi connectivity index (χ2n) is 6.36. The van der Waals surface area contributed by atoms with Crippen molar-refractivity contribution in [3.63, 3.8) is 0 Å². The van der Waals surface area contributed by atoms with Gasteiger partial charge in [0.1, 0.15) is 17.3 Å². The maximum atomic E-state index is 12.0. The maximum Gasteiger partial charge on any atom is 0.408 e. The lowest BCUT2D eigenvalue weighted by Gasteiger charge is -2.26. The van der Waals surface area contributed by atoms with Crippen molar-refractivity contribution in [1.82, 2.24) is 10.3 Å². The number of alkyl carbamates (subject to hydrolysis) is 1. The molecule has 0 fully saturated rings. The first-order valence-corrected chi connectivity index (χ1v) is 8.37. The zero-order valence-corrected chi connectivity index (χ0v) is 16.6. The Bertz CT molecular complexity index is 691. The zero-order valence-electron chi connectivity index (χ0n) is 15.0. The molecule has 1 aromatic rings. The number of pyridine rings is 1. The van der Waals surface area contributed by atoms with Crippen molar-refractivity contribution in [2.75, 3.05) is 12.4 Å². The third-order valence-corrected chi connectivity index (χ3v) is 3.45. The molecule has 26 heavy (non-hydrogen) atoms. The summed E-state index contributed by atoms with van der Waals surface area (Å²) in [6.45, 7) is 6.59. The van der Waals surface area contributed by atoms with Crippen LogP contribution in [0.25, 0.3) is 0 Å². The molecule has 1 aromatic heterocycles. The Balaban J connectivity index is 3.02. The molecule has 10 nitrogen and oxygen atoms in total. The van der Waals surface area contributed by atoms with Crippen LogP contribution in [0.15, 0.2) is 16.7 Å². The fourth-order valence-electron chi connectivity index (χ4n) is 1.96. The first-order valence-electron chi connectivity index (χ1n) is 7.58. The van der Waals surface area contributed by atoms with E-state index in [4.69, 9.17) is 9.47 Å². The van der Waals surface area contributed by atoms with Crippen LogP contribution in [0.2, 0.25) is 0 Å². The number of rotatable bonds is 6. The van der Waals surface area contributed by atoms with Crippen molar-refractivity contribution in [2.45, 2.75) is 45.4 Å². The fraction of sp³-hybridized carbons (Fsp3) is 0.533. The summed E-state index contributed by atoms with van der Waals surface area (Å²) in [4.78, 5) is 38.2. The first-order chi connectivity index (χ1) is 11.9. The van der Waals surface area contributed by atoms with E-state index in [0.29, 0.717) is 4.47 Å². The summed E-state index contributed by atoms with van der Waals surface area (Å²) in [5.74, 6) is -1.15. The molecule has 0 radical (unpaired) electrons. The smallest absolute Gasteiger partial charge is 0.408 e. The van der Waals surface area contributed by atoms with Gasteiger partial charge in [-0.3, -0.25) is 0 Å². The van der Waals surface area contributed by atoms with Crippen LogP contribution in [0.3, 0.4) is 0 Å². The molecule has 2 atom stereocenters. The van der Waals surface area contributed by atoms with Crippen molar-refractivity contribution in [2.24, 2.45) is 0 Å². The molecule has 0 saturated heterocycles. The molecule has 11 heteroatoms. The van der Waals surface area contributed by atoms with E-state index in [1.165, 1.54) is 19.4 Å². The van der Waals surface area contributed by atoms with Crippen LogP contribution >= 0.6 is 15.9 Å². The molecule has 0 bridgehead atoms. The van der Waals surface area contributed by atoms with Gasteiger partial charge >= 0.3 is 17.9 Å². The number of hydrogen-bond acceptors (Lipinski definition) is 8. The Morgan fingerprint density at radius 2 is 2.00 bits per heavy atom. The average molecular weight is 433 g/mol. The van der Waals surface area contributed by atoms with Crippen molar-refractivity contribution >= 4 is 39.5 Å². The van der Waals surface area contributed by atoms with E-state index in [2.05, 4.69) is 31.5 Å². The Morgan fingerprint density at radius 1 is 1.38 bits per heavy atom. The number of halogens is 1. The van der Waals surface area contributed by atoms with Gasteiger partial charge in [0.2, 0.25) is 0 Å². The predicted molar refractivity (Wildman–Crippen MR) is 96.8 cm³/mol. The second kappa shape index (κ2) is 8.79. The monoisotopic (exact) mass is 432 g/mol. The summed E-state index contributed by atoms with van der Waals surface area (Å²) in [5.41, 5.74) is -0.675. The largest absolute Gasteiger partial charge is 0.467 e. The minimum atomic E-state index is -1.14. The molecular weight excluding hydrogens is 412 g/mol. The molecule has 0 aliphatic carbocycles. The number of carbonyl (C=O) groups is 2. The van der Waals surface area contributed by atoms with E-state index in [0.717, 1.165) is 0 Å². The van der Waals surface area contributed by atoms with Gasteiger partial charge < -0.3 is 30.2 Å². The van der Waals surface area contributed by atoms with Gasteiger partial charge in [-0.1, -0.05) is 0 Å². The minimum Gasteiger partial charge on any atom is -0.467 e. The number of methoxy groups -OCH3 is 1. The summed E-state index contributed by atoms with van der Waals surface area (Å²) in [5, 5.41) is 16.3. The van der Waals surface area contributed by atoms with Crippen LogP contribution in [0.5, 0.6) is 0 Å². The minimum absolute atomic E-state index is 0.0803. The fourth-order valence-corrected chi connectivity index (χ4v) is 2.29. The summed E-state index contributed by atoms with van der Waals surface area (Å²) in [6, 6.07) is -0.457. The number of anilines is 1. The second-order valence-corrected chi connectivity index (χ2v) is 7.28. The molecule has 1 amide bonds. The first kappa shape index (κ1) is 21.6. The normalized spacial score (nSPS) is 13.3. The van der Waals surface area contributed by atoms with Crippen molar-refractivity contribution in [3.05, 3.63) is 26.9 Å². The average Bonchev–Trinajstić information content (AvgIpc) is 2.49. The molecule has 0 aliphatic rings. The molecular formula is C15H21BrN4O6. The maximum absolute atomic E-state index is 12.0. The molecule has 1 rings (SSSR count). The van der Waals surface area contributed by atoms with Gasteiger partial charge in [-0.05, 0) is 59.6 Å². The van der Waals surface area contributed by atoms with E-state index in [1.807, 2.05) is 0 Å². The number of hydrogen-bond donors (Lipinski definition) is 2. The van der Waals surface area contributed by atoms with E-state index >= 15 is 0 Å². The lowest BCUT2D eigenvalue weighted by molar-refractivity contribution is -0.388. The van der Waals surface area contributed by atoms with Gasteiger partial charge in [0, 0.05) is 0 Å². The number of nitro groups is 1. The molecule has 0 saturated carbocycles. The lowest BCUT2D eigenvalue weighted by atomic mass is 10.1. The zero-order chi connectivity index (χ0) is 20.1. The number of carbonyl (C=O) groups excluding carboxylic acids is 2. The SMILES string of the molecule is COC(=O)[C@@H](NC(=O)OC(C)(C)C)C(C)Nc1cc(Br)cnc1[N+](=O)[O-]. The van der Waals surface area contributed by atoms with Crippen LogP contribution in [0.1, 0.15) is 27.7 Å². The van der Waals surface area contributed by atoms with Crippen molar-refractivity contribution < 1.29 is 24.0 Å². The van der Waals surface area contributed by atoms with Crippen LogP contribution < -0.4 is 10.6 Å². The van der Waals surface area contributed by atoms with Gasteiger partial charge in [0.05, 0.1) is 17.6 Å². The molecule has 0 aliphatic heterocycles. The summed E-state index contributed by atoms with van der Waals surface area (Å²) in [6.07, 6.45) is 0.466. The Labute approximate surface area is 158 Å². The third-order valence-electron chi connectivity index (χ3n) is 3.02. The van der Waals surface area contributed by atoms with Crippen molar-refractivity contribution in [3.8, 4) is 0 Å². The Kier molecular flexibility index (Phi) is 7.30. The highest BCUT2D eigenvalue weighted by Gasteiger charge is 2.31. The highest BCUT2D eigenvalue weighted by atomic mass is 79.9. The predicted octanol–water partition coefficient (Wildman–Crippen LogP) is 2.62. The molecule has 144 valence electrons. The van der Waals surface area contributed by atoms with Gasteiger partial charge in [-0.2, -0.15) is 0 Å². The molecule has 2 N–H and O–H groups in total. The van der Waals surface area contributed by atoms with Crippen LogP contribution in [-0.4, -0.2) is 46.8 Å².